The van der Waals surface area contributed by atoms with Crippen molar-refractivity contribution in [3.63, 3.8) is 0 Å². The zero-order valence-corrected chi connectivity index (χ0v) is 24.6. The Hall–Kier alpha value is -4.46. The Balaban J connectivity index is 2.25. The molecule has 1 rings (SSSR count). The Bertz CT molecular complexity index is 1160. The standard InChI is InChI=1S/C34H43NO7/c1-3-4-5-6-7-8-9-10-11-12-13-14-15-16-17-18-19-20-21-26-32(37)41-27-30(34(39)40)35-33(38)29-24-22-23-25-31(29)42-28(2)36/h4-5,7-8,10-11,13-14,16-17,19-20,22-25,30H,3,6,9,12,15,18,21,26-27H2,1-2H3,(H,35,38)(H,39,40)/b5-4-,8-7-,11-10-,14-13-,17-16-,20-19-. The van der Waals surface area contributed by atoms with Gasteiger partial charge in [0.15, 0.2) is 6.04 Å². The SMILES string of the molecule is CC/C=C\C/C=C\C/C=C\C/C=C\C/C=C\C/C=C\CCC(=O)OCC(NC(=O)c1ccccc1OC(C)=O)C(=O)O. The molecule has 42 heavy (non-hydrogen) atoms. The number of benzene rings is 1. The summed E-state index contributed by atoms with van der Waals surface area (Å²) >= 11 is 0. The summed E-state index contributed by atoms with van der Waals surface area (Å²) in [6.07, 6.45) is 31.3. The molecule has 0 aliphatic carbocycles. The largest absolute Gasteiger partial charge is 0.480 e. The summed E-state index contributed by atoms with van der Waals surface area (Å²) in [5.41, 5.74) is -0.0112. The molecule has 1 aromatic rings. The molecule has 8 heteroatoms. The van der Waals surface area contributed by atoms with E-state index in [9.17, 15) is 24.3 Å². The lowest BCUT2D eigenvalue weighted by Crippen LogP contribution is -2.44. The summed E-state index contributed by atoms with van der Waals surface area (Å²) in [5.74, 6) is -3.33. The highest BCUT2D eigenvalue weighted by Crippen LogP contribution is 2.18. The van der Waals surface area contributed by atoms with Gasteiger partial charge in [0.05, 0.1) is 5.56 Å². The second-order valence-electron chi connectivity index (χ2n) is 9.09. The summed E-state index contributed by atoms with van der Waals surface area (Å²) in [6, 6.07) is 4.47. The molecular weight excluding hydrogens is 534 g/mol. The highest BCUT2D eigenvalue weighted by molar-refractivity contribution is 5.99. The zero-order chi connectivity index (χ0) is 30.8. The molecule has 1 amide bonds. The quantitative estimate of drug-likeness (QED) is 0.0992. The van der Waals surface area contributed by atoms with Gasteiger partial charge in [-0.25, -0.2) is 4.79 Å². The third-order valence-electron chi connectivity index (χ3n) is 5.51. The topological polar surface area (TPSA) is 119 Å². The maximum atomic E-state index is 12.5. The summed E-state index contributed by atoms with van der Waals surface area (Å²) in [5, 5.41) is 11.7. The molecule has 0 radical (unpaired) electrons. The van der Waals surface area contributed by atoms with Crippen molar-refractivity contribution >= 4 is 23.8 Å². The third kappa shape index (κ3) is 18.0. The minimum Gasteiger partial charge on any atom is -0.480 e. The van der Waals surface area contributed by atoms with Crippen LogP contribution >= 0.6 is 0 Å². The van der Waals surface area contributed by atoms with Crippen LogP contribution in [-0.4, -0.2) is 41.6 Å². The van der Waals surface area contributed by atoms with Crippen molar-refractivity contribution in [2.45, 2.75) is 71.3 Å². The van der Waals surface area contributed by atoms with Gasteiger partial charge in [-0.05, 0) is 57.1 Å². The fraction of sp³-hybridized carbons (Fsp3) is 0.353. The number of aliphatic carboxylic acids is 1. The fourth-order valence-electron chi connectivity index (χ4n) is 3.40. The van der Waals surface area contributed by atoms with Gasteiger partial charge < -0.3 is 19.9 Å². The van der Waals surface area contributed by atoms with Gasteiger partial charge in [-0.3, -0.25) is 14.4 Å². The molecule has 0 fully saturated rings. The van der Waals surface area contributed by atoms with E-state index in [1.807, 2.05) is 18.2 Å². The first-order chi connectivity index (χ1) is 20.3. The van der Waals surface area contributed by atoms with Crippen molar-refractivity contribution < 1.29 is 33.8 Å². The van der Waals surface area contributed by atoms with Crippen LogP contribution in [-0.2, 0) is 19.1 Å². The molecule has 2 N–H and O–H groups in total. The lowest BCUT2D eigenvalue weighted by Gasteiger charge is -2.16. The van der Waals surface area contributed by atoms with Crippen LogP contribution in [0, 0.1) is 0 Å². The van der Waals surface area contributed by atoms with Crippen molar-refractivity contribution in [1.29, 1.82) is 0 Å². The Kier molecular flexibility index (Phi) is 19.7. The number of rotatable bonds is 20. The first-order valence-corrected chi connectivity index (χ1v) is 14.2. The summed E-state index contributed by atoms with van der Waals surface area (Å²) in [4.78, 5) is 47.4. The molecule has 1 unspecified atom stereocenters. The Labute approximate surface area is 249 Å². The van der Waals surface area contributed by atoms with E-state index in [4.69, 9.17) is 9.47 Å². The average Bonchev–Trinajstić information content (AvgIpc) is 2.96. The van der Waals surface area contributed by atoms with Gasteiger partial charge in [0.2, 0.25) is 0 Å². The van der Waals surface area contributed by atoms with Crippen molar-refractivity contribution in [3.8, 4) is 5.75 Å². The van der Waals surface area contributed by atoms with E-state index in [2.05, 4.69) is 66.9 Å². The molecule has 1 aromatic carbocycles. The molecular formula is C34H43NO7. The van der Waals surface area contributed by atoms with Crippen LogP contribution in [0.15, 0.2) is 97.2 Å². The molecule has 0 spiro atoms. The normalized spacial score (nSPS) is 12.7. The second kappa shape index (κ2) is 23.3. The number of ether oxygens (including phenoxy) is 2. The lowest BCUT2D eigenvalue weighted by atomic mass is 10.1. The Morgan fingerprint density at radius 2 is 1.29 bits per heavy atom. The van der Waals surface area contributed by atoms with Crippen LogP contribution in [0.1, 0.15) is 75.6 Å². The number of carboxylic acids is 1. The third-order valence-corrected chi connectivity index (χ3v) is 5.51. The Morgan fingerprint density at radius 3 is 1.79 bits per heavy atom. The minimum atomic E-state index is -1.46. The number of esters is 2. The smallest absolute Gasteiger partial charge is 0.329 e. The summed E-state index contributed by atoms with van der Waals surface area (Å²) < 4.78 is 10.0. The van der Waals surface area contributed by atoms with E-state index in [0.717, 1.165) is 38.5 Å². The van der Waals surface area contributed by atoms with E-state index in [1.165, 1.54) is 19.1 Å². The number of allylic oxidation sites excluding steroid dienone is 12. The van der Waals surface area contributed by atoms with Gasteiger partial charge in [-0.1, -0.05) is 92.0 Å². The molecule has 0 bridgehead atoms. The predicted octanol–water partition coefficient (Wildman–Crippen LogP) is 6.82. The van der Waals surface area contributed by atoms with E-state index in [1.54, 1.807) is 12.1 Å². The molecule has 1 atom stereocenters. The summed E-state index contributed by atoms with van der Waals surface area (Å²) in [6.45, 7) is 2.79. The molecule has 0 saturated carbocycles. The van der Waals surface area contributed by atoms with E-state index >= 15 is 0 Å². The number of carbonyl (C=O) groups excluding carboxylic acids is 3. The number of hydrogen-bond donors (Lipinski definition) is 2. The monoisotopic (exact) mass is 577 g/mol. The van der Waals surface area contributed by atoms with Crippen LogP contribution < -0.4 is 10.1 Å². The van der Waals surface area contributed by atoms with Crippen LogP contribution in [0.3, 0.4) is 0 Å². The van der Waals surface area contributed by atoms with Crippen molar-refractivity contribution in [3.05, 3.63) is 103 Å². The lowest BCUT2D eigenvalue weighted by molar-refractivity contribution is -0.148. The van der Waals surface area contributed by atoms with Crippen molar-refractivity contribution in [1.82, 2.24) is 5.32 Å². The second-order valence-corrected chi connectivity index (χ2v) is 9.09. The molecule has 0 aliphatic rings. The fourth-order valence-corrected chi connectivity index (χ4v) is 3.40. The number of amides is 1. The molecule has 226 valence electrons. The number of carboxylic acid groups (broad SMARTS) is 1. The number of nitrogens with one attached hydrogen (secondary N) is 1. The molecule has 0 aromatic heterocycles. The minimum absolute atomic E-state index is 0.00000280. The molecule has 8 nitrogen and oxygen atoms in total. The first-order valence-electron chi connectivity index (χ1n) is 14.2. The highest BCUT2D eigenvalue weighted by Gasteiger charge is 2.24. The summed E-state index contributed by atoms with van der Waals surface area (Å²) in [7, 11) is 0. The maximum Gasteiger partial charge on any atom is 0.329 e. The molecule has 0 aliphatic heterocycles. The van der Waals surface area contributed by atoms with Crippen LogP contribution in [0.5, 0.6) is 5.75 Å². The Morgan fingerprint density at radius 1 is 0.786 bits per heavy atom. The van der Waals surface area contributed by atoms with E-state index < -0.39 is 36.5 Å². The number of hydrogen-bond acceptors (Lipinski definition) is 6. The van der Waals surface area contributed by atoms with Crippen LogP contribution in [0.2, 0.25) is 0 Å². The maximum absolute atomic E-state index is 12.5. The first kappa shape index (κ1) is 35.6. The van der Waals surface area contributed by atoms with E-state index in [0.29, 0.717) is 6.42 Å². The number of para-hydroxylation sites is 1. The molecule has 0 heterocycles. The van der Waals surface area contributed by atoms with Gasteiger partial charge in [0.25, 0.3) is 5.91 Å². The van der Waals surface area contributed by atoms with Gasteiger partial charge in [-0.2, -0.15) is 0 Å². The van der Waals surface area contributed by atoms with Gasteiger partial charge in [0, 0.05) is 13.3 Å². The predicted molar refractivity (Wildman–Crippen MR) is 165 cm³/mol. The van der Waals surface area contributed by atoms with E-state index in [-0.39, 0.29) is 17.7 Å². The number of carbonyl (C=O) groups is 4. The molecule has 0 saturated heterocycles. The van der Waals surface area contributed by atoms with Crippen molar-refractivity contribution in [2.24, 2.45) is 0 Å². The van der Waals surface area contributed by atoms with Gasteiger partial charge >= 0.3 is 17.9 Å². The van der Waals surface area contributed by atoms with Gasteiger partial charge in [-0.15, -0.1) is 0 Å². The van der Waals surface area contributed by atoms with Crippen LogP contribution in [0.25, 0.3) is 0 Å². The van der Waals surface area contributed by atoms with Crippen molar-refractivity contribution in [2.75, 3.05) is 6.61 Å². The van der Waals surface area contributed by atoms with Crippen LogP contribution in [0.4, 0.5) is 0 Å². The van der Waals surface area contributed by atoms with Gasteiger partial charge in [0.1, 0.15) is 12.4 Å². The average molecular weight is 578 g/mol. The highest BCUT2D eigenvalue weighted by atomic mass is 16.5. The zero-order valence-electron chi connectivity index (χ0n) is 24.6.